The molecule has 8 fully saturated rings. The van der Waals surface area contributed by atoms with Gasteiger partial charge in [-0.15, -0.1) is 0 Å². The van der Waals surface area contributed by atoms with Crippen LogP contribution in [0.25, 0.3) is 0 Å². The second-order valence-corrected chi connectivity index (χ2v) is 17.7. The first-order valence-electron chi connectivity index (χ1n) is 21.3. The first-order chi connectivity index (χ1) is 25.9. The minimum absolute atomic E-state index is 0.129. The second kappa shape index (κ2) is 15.5. The number of carbonyl (C=O) groups is 4. The average Bonchev–Trinajstić information content (AvgIpc) is 3.91. The normalized spacial score (nSPS) is 31.8. The molecule has 304 valence electrons. The number of amides is 4. The third-order valence-electron chi connectivity index (χ3n) is 14.7. The molecule has 4 atom stereocenters. The molecule has 14 nitrogen and oxygen atoms in total. The van der Waals surface area contributed by atoms with Crippen LogP contribution in [-0.2, 0) is 18.9 Å². The number of likely N-dealkylation sites (N-methyl/N-ethyl adjacent to an activating group) is 1. The second-order valence-electron chi connectivity index (χ2n) is 17.7. The van der Waals surface area contributed by atoms with E-state index in [-0.39, 0.29) is 47.7 Å². The van der Waals surface area contributed by atoms with Gasteiger partial charge >= 0.3 is 24.4 Å². The maximum absolute atomic E-state index is 12.3. The van der Waals surface area contributed by atoms with E-state index in [9.17, 15) is 19.2 Å². The molecule has 1 N–H and O–H groups in total. The number of likely N-dealkylation sites (tertiary alicyclic amines) is 4. The van der Waals surface area contributed by atoms with Crippen molar-refractivity contribution >= 4 is 24.4 Å². The Morgan fingerprint density at radius 2 is 1.17 bits per heavy atom. The third kappa shape index (κ3) is 7.23. The molecule has 4 amide bonds. The zero-order valence-electron chi connectivity index (χ0n) is 33.6. The van der Waals surface area contributed by atoms with Gasteiger partial charge in [-0.25, -0.2) is 19.2 Å². The highest BCUT2D eigenvalue weighted by Crippen LogP contribution is 2.50. The van der Waals surface area contributed by atoms with Crippen LogP contribution in [0.5, 0.6) is 0 Å². The number of carbonyl (C=O) groups excluding carboxylic acids is 4. The van der Waals surface area contributed by atoms with E-state index < -0.39 is 0 Å². The Labute approximate surface area is 321 Å². The average molecular weight is 759 g/mol. The van der Waals surface area contributed by atoms with Gasteiger partial charge in [0.2, 0.25) is 0 Å². The summed E-state index contributed by atoms with van der Waals surface area (Å²) in [6, 6.07) is 1.56. The molecule has 4 spiro atoms. The number of nitrogens with zero attached hydrogens (tertiary/aromatic N) is 5. The van der Waals surface area contributed by atoms with Crippen LogP contribution in [0.15, 0.2) is 0 Å². The summed E-state index contributed by atoms with van der Waals surface area (Å²) in [4.78, 5) is 58.5. The quantitative estimate of drug-likeness (QED) is 0.335. The highest BCUT2D eigenvalue weighted by atomic mass is 16.6. The summed E-state index contributed by atoms with van der Waals surface area (Å²) in [7, 11) is 0. The molecular weight excluding hydrogens is 692 g/mol. The summed E-state index contributed by atoms with van der Waals surface area (Å²) >= 11 is 0. The Morgan fingerprint density at radius 3 is 1.59 bits per heavy atom. The molecule has 2 aliphatic carbocycles. The number of ether oxygens (including phenoxy) is 4. The molecule has 2 saturated carbocycles. The fraction of sp³-hybridized carbons (Fsp3) is 0.900. The lowest BCUT2D eigenvalue weighted by molar-refractivity contribution is -0.0368. The maximum atomic E-state index is 12.3. The van der Waals surface area contributed by atoms with Crippen molar-refractivity contribution in [3.8, 4) is 0 Å². The van der Waals surface area contributed by atoms with Gasteiger partial charge in [0.05, 0.1) is 25.3 Å². The monoisotopic (exact) mass is 758 g/mol. The summed E-state index contributed by atoms with van der Waals surface area (Å²) in [5.74, 6) is 0. The highest BCUT2D eigenvalue weighted by Gasteiger charge is 2.57. The van der Waals surface area contributed by atoms with E-state index in [0.717, 1.165) is 97.4 Å². The summed E-state index contributed by atoms with van der Waals surface area (Å²) in [5, 5.41) is 2.98. The van der Waals surface area contributed by atoms with Crippen LogP contribution in [0.4, 0.5) is 19.2 Å². The molecule has 0 aromatic heterocycles. The topological polar surface area (TPSA) is 133 Å². The van der Waals surface area contributed by atoms with Crippen molar-refractivity contribution in [1.29, 1.82) is 0 Å². The van der Waals surface area contributed by atoms with Gasteiger partial charge in [0.15, 0.2) is 0 Å². The van der Waals surface area contributed by atoms with Crippen molar-refractivity contribution in [1.82, 2.24) is 29.8 Å². The summed E-state index contributed by atoms with van der Waals surface area (Å²) in [5.41, 5.74) is 0.0267. The van der Waals surface area contributed by atoms with Crippen LogP contribution in [0.2, 0.25) is 0 Å². The van der Waals surface area contributed by atoms with Crippen molar-refractivity contribution in [2.45, 2.75) is 147 Å². The van der Waals surface area contributed by atoms with Crippen LogP contribution in [0.1, 0.15) is 112 Å². The lowest BCUT2D eigenvalue weighted by Gasteiger charge is -2.48. The number of alkyl carbamates (subject to hydrolysis) is 1. The van der Waals surface area contributed by atoms with Crippen LogP contribution in [0, 0.1) is 10.8 Å². The molecule has 14 heteroatoms. The molecule has 4 unspecified atom stereocenters. The van der Waals surface area contributed by atoms with E-state index >= 15 is 0 Å². The van der Waals surface area contributed by atoms with Crippen LogP contribution in [-0.4, -0.2) is 156 Å². The van der Waals surface area contributed by atoms with Gasteiger partial charge in [0.25, 0.3) is 0 Å². The smallest absolute Gasteiger partial charge is 0.410 e. The van der Waals surface area contributed by atoms with E-state index in [1.54, 1.807) is 0 Å². The molecule has 0 aromatic rings. The van der Waals surface area contributed by atoms with Crippen molar-refractivity contribution in [3.05, 3.63) is 0 Å². The van der Waals surface area contributed by atoms with E-state index in [4.69, 9.17) is 18.9 Å². The summed E-state index contributed by atoms with van der Waals surface area (Å²) in [6.45, 7) is 19.0. The SMILES string of the molecule is CCOC(=O)N1CC2(CCC(N3CCC4(CC3)OC(=O)N(CC)C4CC)C2)C1.CCOC(=O)N1CC2(CCC(N3CCC4(CC3)OC(=O)NC4CC)C2)C1. The Hall–Kier alpha value is -3.00. The maximum Gasteiger partial charge on any atom is 0.410 e. The Bertz CT molecular complexity index is 1380. The van der Waals surface area contributed by atoms with Crippen molar-refractivity contribution in [2.24, 2.45) is 10.8 Å². The molecular formula is C40H66N6O8. The van der Waals surface area contributed by atoms with E-state index in [1.807, 2.05) is 35.5 Å². The zero-order chi connectivity index (χ0) is 38.3. The molecule has 8 rings (SSSR count). The molecule has 0 radical (unpaired) electrons. The van der Waals surface area contributed by atoms with Crippen LogP contribution in [0.3, 0.4) is 0 Å². The zero-order valence-corrected chi connectivity index (χ0v) is 33.6. The first kappa shape index (κ1) is 39.2. The fourth-order valence-corrected chi connectivity index (χ4v) is 11.9. The van der Waals surface area contributed by atoms with Gasteiger partial charge in [0, 0.05) is 107 Å². The van der Waals surface area contributed by atoms with Gasteiger partial charge in [-0.2, -0.15) is 0 Å². The molecule has 6 aliphatic heterocycles. The Morgan fingerprint density at radius 1 is 0.685 bits per heavy atom. The molecule has 54 heavy (non-hydrogen) atoms. The van der Waals surface area contributed by atoms with Gasteiger partial charge < -0.3 is 48.8 Å². The van der Waals surface area contributed by atoms with Gasteiger partial charge in [-0.1, -0.05) is 13.8 Å². The third-order valence-corrected chi connectivity index (χ3v) is 14.7. The first-order valence-corrected chi connectivity index (χ1v) is 21.3. The molecule has 0 aromatic carbocycles. The number of nitrogens with one attached hydrogen (secondary N) is 1. The van der Waals surface area contributed by atoms with Gasteiger partial charge in [-0.05, 0) is 72.1 Å². The van der Waals surface area contributed by atoms with Crippen molar-refractivity contribution in [3.63, 3.8) is 0 Å². The van der Waals surface area contributed by atoms with Crippen LogP contribution < -0.4 is 5.32 Å². The number of hydrogen-bond donors (Lipinski definition) is 1. The summed E-state index contributed by atoms with van der Waals surface area (Å²) in [6.07, 6.45) is 12.0. The van der Waals surface area contributed by atoms with Gasteiger partial charge in [0.1, 0.15) is 11.2 Å². The van der Waals surface area contributed by atoms with E-state index in [1.165, 1.54) is 38.5 Å². The Balaban J connectivity index is 0.000000167. The highest BCUT2D eigenvalue weighted by molar-refractivity contribution is 5.72. The lowest BCUT2D eigenvalue weighted by atomic mass is 9.78. The minimum atomic E-state index is -0.296. The molecule has 8 aliphatic rings. The predicted octanol–water partition coefficient (Wildman–Crippen LogP) is 5.43. The number of piperidine rings is 2. The molecule has 6 heterocycles. The van der Waals surface area contributed by atoms with E-state index in [2.05, 4.69) is 29.0 Å². The van der Waals surface area contributed by atoms with Crippen molar-refractivity contribution < 1.29 is 38.1 Å². The largest absolute Gasteiger partial charge is 0.450 e. The summed E-state index contributed by atoms with van der Waals surface area (Å²) < 4.78 is 21.9. The molecule has 0 bridgehead atoms. The molecule has 6 saturated heterocycles. The van der Waals surface area contributed by atoms with E-state index in [0.29, 0.717) is 36.1 Å². The number of rotatable bonds is 7. The van der Waals surface area contributed by atoms with Crippen LogP contribution >= 0.6 is 0 Å². The minimum Gasteiger partial charge on any atom is -0.450 e. The standard InChI is InChI=1S/C21H35N3O4.C19H31N3O4/c1-4-17-21(28-19(26)24(17)5-2)9-11-22(12-10-21)16-7-8-20(13-16)14-23(15-20)18(25)27-6-3;1-3-15-19(26-16(23)20-15)7-9-21(10-8-19)14-5-6-18(11-14)12-22(13-18)17(24)25-4-2/h16-17H,4-15H2,1-3H3;14-15H,3-13H2,1-2H3,(H,20,23). The van der Waals surface area contributed by atoms with Crippen molar-refractivity contribution in [2.75, 3.05) is 72.1 Å². The van der Waals surface area contributed by atoms with Gasteiger partial charge in [-0.3, -0.25) is 0 Å². The fourth-order valence-electron chi connectivity index (χ4n) is 11.9. The Kier molecular flexibility index (Phi) is 11.3. The number of hydrogen-bond acceptors (Lipinski definition) is 10. The predicted molar refractivity (Wildman–Crippen MR) is 201 cm³/mol. The lowest BCUT2D eigenvalue weighted by Crippen LogP contribution is -2.58.